The number of benzene rings is 1. The van der Waals surface area contributed by atoms with Crippen molar-refractivity contribution < 1.29 is 28.0 Å². The van der Waals surface area contributed by atoms with Gasteiger partial charge in [0.1, 0.15) is 6.04 Å². The number of rotatable bonds is 9. The summed E-state index contributed by atoms with van der Waals surface area (Å²) in [5.41, 5.74) is 6.40. The van der Waals surface area contributed by atoms with Crippen molar-refractivity contribution in [3.05, 3.63) is 36.0 Å². The van der Waals surface area contributed by atoms with Gasteiger partial charge in [-0.15, -0.1) is 0 Å². The Morgan fingerprint density at radius 1 is 1.24 bits per heavy atom. The van der Waals surface area contributed by atoms with Crippen molar-refractivity contribution in [3.63, 3.8) is 0 Å². The first-order valence-electron chi connectivity index (χ1n) is 11.5. The van der Waals surface area contributed by atoms with Crippen LogP contribution in [0.1, 0.15) is 29.6 Å². The van der Waals surface area contributed by atoms with Gasteiger partial charge in [0.2, 0.25) is 17.7 Å². The fourth-order valence-electron chi connectivity index (χ4n) is 3.92. The molecule has 2 heterocycles. The average molecular weight is 516 g/mol. The Morgan fingerprint density at radius 2 is 2.00 bits per heavy atom. The number of carbonyl (C=O) groups is 4. The summed E-state index contributed by atoms with van der Waals surface area (Å²) in [4.78, 5) is 56.0. The highest BCUT2D eigenvalue weighted by Crippen LogP contribution is 2.31. The van der Waals surface area contributed by atoms with E-state index in [1.165, 1.54) is 24.2 Å². The molecule has 0 spiro atoms. The van der Waals surface area contributed by atoms with Crippen LogP contribution < -0.4 is 21.3 Å². The van der Waals surface area contributed by atoms with Crippen LogP contribution >= 0.6 is 0 Å². The molecular weight excluding hydrogens is 488 g/mol. The molecule has 13 heteroatoms. The summed E-state index contributed by atoms with van der Waals surface area (Å²) in [6, 6.07) is 6.70. The molecule has 4 amide bonds. The second-order valence-corrected chi connectivity index (χ2v) is 8.56. The Morgan fingerprint density at radius 3 is 2.70 bits per heavy atom. The number of anilines is 1. The van der Waals surface area contributed by atoms with Gasteiger partial charge in [0.25, 0.3) is 11.8 Å². The number of pyridine rings is 1. The second-order valence-electron chi connectivity index (χ2n) is 8.56. The van der Waals surface area contributed by atoms with E-state index in [1.807, 2.05) is 0 Å². The number of nitrogens with zero attached hydrogens (tertiary/aromatic N) is 4. The van der Waals surface area contributed by atoms with Crippen LogP contribution in [0.3, 0.4) is 0 Å². The third-order valence-electron chi connectivity index (χ3n) is 5.90. The first kappa shape index (κ1) is 27.4. The lowest BCUT2D eigenvalue weighted by atomic mass is 10.1. The number of nitrogens with two attached hydrogens (primary N) is 1. The lowest BCUT2D eigenvalue weighted by Gasteiger charge is -2.20. The summed E-state index contributed by atoms with van der Waals surface area (Å²) in [6.45, 7) is -0.832. The Kier molecular flexibility index (Phi) is 8.67. The second kappa shape index (κ2) is 11.7. The van der Waals surface area contributed by atoms with E-state index >= 15 is 0 Å². The van der Waals surface area contributed by atoms with E-state index < -0.39 is 43.3 Å². The van der Waals surface area contributed by atoms with E-state index in [0.717, 1.165) is 4.90 Å². The van der Waals surface area contributed by atoms with E-state index in [-0.39, 0.29) is 30.2 Å². The molecule has 1 aliphatic heterocycles. The van der Waals surface area contributed by atoms with E-state index in [9.17, 15) is 28.0 Å². The highest BCUT2D eigenvalue weighted by molar-refractivity contribution is 6.08. The average Bonchev–Trinajstić information content (AvgIpc) is 3.22. The number of hydrogen-bond donors (Lipinski definition) is 3. The zero-order valence-corrected chi connectivity index (χ0v) is 20.2. The highest BCUT2D eigenvalue weighted by atomic mass is 19.3. The molecule has 1 aliphatic rings. The summed E-state index contributed by atoms with van der Waals surface area (Å²) in [7, 11) is 1.54. The first-order valence-corrected chi connectivity index (χ1v) is 11.5. The molecule has 0 radical (unpaired) electrons. The molecule has 11 nitrogen and oxygen atoms in total. The lowest BCUT2D eigenvalue weighted by molar-refractivity contribution is -0.131. The molecule has 1 atom stereocenters. The Bertz CT molecular complexity index is 1250. The molecule has 1 fully saturated rings. The number of halogens is 2. The predicted octanol–water partition coefficient (Wildman–Crippen LogP) is 0.542. The molecule has 196 valence electrons. The molecule has 1 saturated heterocycles. The number of aromatic nitrogens is 1. The van der Waals surface area contributed by atoms with Crippen LogP contribution in [0.25, 0.3) is 10.9 Å². The molecular formula is C24H27F2N7O4. The SMILES string of the molecule is CN(C(=O)CCC(=O)NCCN)c1ccc2nccc(C(=O)NCC(=O)N3CC(F)(F)C[C@H]3C#N)c2c1. The topological polar surface area (TPSA) is 162 Å². The minimum absolute atomic E-state index is 0.00436. The fraction of sp³-hybridized carbons (Fsp3) is 0.417. The Labute approximate surface area is 211 Å². The van der Waals surface area contributed by atoms with Crippen molar-refractivity contribution in [1.29, 1.82) is 5.26 Å². The molecule has 1 aromatic carbocycles. The summed E-state index contributed by atoms with van der Waals surface area (Å²) in [5.74, 6) is -5.21. The minimum atomic E-state index is -3.16. The van der Waals surface area contributed by atoms with Crippen LogP contribution in [0.2, 0.25) is 0 Å². The van der Waals surface area contributed by atoms with Crippen molar-refractivity contribution in [2.24, 2.45) is 5.73 Å². The zero-order valence-electron chi connectivity index (χ0n) is 20.2. The van der Waals surface area contributed by atoms with Crippen LogP contribution in [-0.2, 0) is 14.4 Å². The maximum atomic E-state index is 13.6. The van der Waals surface area contributed by atoms with Crippen molar-refractivity contribution in [1.82, 2.24) is 20.5 Å². The van der Waals surface area contributed by atoms with Gasteiger partial charge in [-0.25, -0.2) is 8.78 Å². The molecule has 0 unspecified atom stereocenters. The fourth-order valence-corrected chi connectivity index (χ4v) is 3.92. The largest absolute Gasteiger partial charge is 0.355 e. The van der Waals surface area contributed by atoms with Crippen LogP contribution in [0.5, 0.6) is 0 Å². The lowest BCUT2D eigenvalue weighted by Crippen LogP contribution is -2.43. The molecule has 1 aromatic heterocycles. The van der Waals surface area contributed by atoms with E-state index in [1.54, 1.807) is 24.3 Å². The van der Waals surface area contributed by atoms with Crippen LogP contribution in [0.15, 0.2) is 30.5 Å². The quantitative estimate of drug-likeness (QED) is 0.439. The van der Waals surface area contributed by atoms with Crippen molar-refractivity contribution in [3.8, 4) is 6.07 Å². The van der Waals surface area contributed by atoms with Gasteiger partial charge in [-0.2, -0.15) is 5.26 Å². The van der Waals surface area contributed by atoms with Gasteiger partial charge in [0.15, 0.2) is 0 Å². The summed E-state index contributed by atoms with van der Waals surface area (Å²) in [5, 5.41) is 14.5. The Balaban J connectivity index is 1.70. The van der Waals surface area contributed by atoms with Crippen molar-refractivity contribution in [2.75, 3.05) is 38.1 Å². The zero-order chi connectivity index (χ0) is 27.2. The maximum Gasteiger partial charge on any atom is 0.268 e. The number of carbonyl (C=O) groups excluding carboxylic acids is 4. The summed E-state index contributed by atoms with van der Waals surface area (Å²) >= 11 is 0. The molecule has 0 aliphatic carbocycles. The molecule has 4 N–H and O–H groups in total. The van der Waals surface area contributed by atoms with Crippen LogP contribution in [-0.4, -0.2) is 78.7 Å². The number of alkyl halides is 2. The van der Waals surface area contributed by atoms with Crippen molar-refractivity contribution in [2.45, 2.75) is 31.2 Å². The van der Waals surface area contributed by atoms with E-state index in [0.29, 0.717) is 29.7 Å². The van der Waals surface area contributed by atoms with Crippen LogP contribution in [0.4, 0.5) is 14.5 Å². The van der Waals surface area contributed by atoms with Gasteiger partial charge in [0, 0.05) is 56.7 Å². The standard InChI is InChI=1S/C24H27F2N7O4/c1-32(21(35)5-4-20(34)30-9-7-27)15-2-3-19-18(10-15)17(6-8-29-19)23(37)31-13-22(36)33-14-24(25,26)11-16(33)12-28/h2-3,6,8,10,16H,4-5,7,9,11,13-14,27H2,1H3,(H,30,34)(H,31,37)/t16-/m0/s1. The Hall–Kier alpha value is -4.18. The van der Waals surface area contributed by atoms with Crippen molar-refractivity contribution >= 4 is 40.2 Å². The smallest absolute Gasteiger partial charge is 0.268 e. The molecule has 0 saturated carbocycles. The van der Waals surface area contributed by atoms with E-state index in [2.05, 4.69) is 15.6 Å². The number of likely N-dealkylation sites (tertiary alicyclic amines) is 1. The maximum absolute atomic E-state index is 13.6. The van der Waals surface area contributed by atoms with Gasteiger partial charge in [-0.05, 0) is 24.3 Å². The van der Waals surface area contributed by atoms with Gasteiger partial charge in [-0.3, -0.25) is 24.2 Å². The number of nitrogens with one attached hydrogen (secondary N) is 2. The number of nitriles is 1. The molecule has 0 bridgehead atoms. The van der Waals surface area contributed by atoms with Gasteiger partial charge < -0.3 is 26.2 Å². The van der Waals surface area contributed by atoms with E-state index in [4.69, 9.17) is 11.0 Å². The first-order chi connectivity index (χ1) is 17.6. The van der Waals surface area contributed by atoms with Gasteiger partial charge in [-0.1, -0.05) is 0 Å². The van der Waals surface area contributed by atoms with Gasteiger partial charge >= 0.3 is 0 Å². The molecule has 37 heavy (non-hydrogen) atoms. The normalized spacial score (nSPS) is 16.2. The number of amides is 4. The monoisotopic (exact) mass is 515 g/mol. The minimum Gasteiger partial charge on any atom is -0.355 e. The molecule has 3 rings (SSSR count). The summed E-state index contributed by atoms with van der Waals surface area (Å²) < 4.78 is 27.3. The third kappa shape index (κ3) is 6.73. The van der Waals surface area contributed by atoms with Gasteiger partial charge in [0.05, 0.1) is 30.2 Å². The number of fused-ring (bicyclic) bond motifs is 1. The number of hydrogen-bond acceptors (Lipinski definition) is 7. The highest BCUT2D eigenvalue weighted by Gasteiger charge is 2.47. The summed E-state index contributed by atoms with van der Waals surface area (Å²) in [6.07, 6.45) is 0.619. The third-order valence-corrected chi connectivity index (χ3v) is 5.90. The predicted molar refractivity (Wildman–Crippen MR) is 129 cm³/mol. The van der Waals surface area contributed by atoms with Crippen LogP contribution in [0, 0.1) is 11.3 Å². The molecule has 2 aromatic rings.